The monoisotopic (exact) mass is 248 g/mol. The molecule has 0 saturated carbocycles. The minimum atomic E-state index is 0.862. The first-order valence-electron chi connectivity index (χ1n) is 7.72. The molecule has 1 rings (SSSR count). The van der Waals surface area contributed by atoms with Crippen LogP contribution in [0.15, 0.2) is 30.3 Å². The Morgan fingerprint density at radius 2 is 1.44 bits per heavy atom. The summed E-state index contributed by atoms with van der Waals surface area (Å²) in [6.45, 7) is 11.0. The van der Waals surface area contributed by atoms with E-state index in [1.807, 2.05) is 13.8 Å². The van der Waals surface area contributed by atoms with Crippen LogP contribution in [0.4, 0.5) is 0 Å². The van der Waals surface area contributed by atoms with Gasteiger partial charge in [-0.15, -0.1) is 0 Å². The van der Waals surface area contributed by atoms with Crippen LogP contribution in [-0.4, -0.2) is 0 Å². The lowest BCUT2D eigenvalue weighted by atomic mass is 9.94. The van der Waals surface area contributed by atoms with E-state index in [9.17, 15) is 0 Å². The fourth-order valence-corrected chi connectivity index (χ4v) is 2.08. The van der Waals surface area contributed by atoms with Crippen molar-refractivity contribution in [1.82, 2.24) is 0 Å². The van der Waals surface area contributed by atoms with Crippen molar-refractivity contribution in [3.63, 3.8) is 0 Å². The maximum atomic E-state index is 2.39. The third-order valence-corrected chi connectivity index (χ3v) is 3.25. The molecular formula is C18H32. The van der Waals surface area contributed by atoms with Crippen LogP contribution in [0.5, 0.6) is 0 Å². The molecule has 0 radical (unpaired) electrons. The summed E-state index contributed by atoms with van der Waals surface area (Å²) in [4.78, 5) is 0. The molecule has 0 nitrogen and oxygen atoms in total. The van der Waals surface area contributed by atoms with Crippen LogP contribution in [0.3, 0.4) is 0 Å². The van der Waals surface area contributed by atoms with Gasteiger partial charge >= 0.3 is 0 Å². The van der Waals surface area contributed by atoms with Crippen molar-refractivity contribution in [2.45, 2.75) is 66.7 Å². The molecule has 1 atom stereocenters. The first kappa shape index (κ1) is 17.2. The van der Waals surface area contributed by atoms with Crippen LogP contribution in [0.1, 0.15) is 65.9 Å². The Balaban J connectivity index is 0.00000137. The Hall–Kier alpha value is -0.780. The number of hydrogen-bond acceptors (Lipinski definition) is 0. The van der Waals surface area contributed by atoms with Gasteiger partial charge in [-0.3, -0.25) is 0 Å². The van der Waals surface area contributed by atoms with Gasteiger partial charge in [-0.25, -0.2) is 0 Å². The molecule has 0 heteroatoms. The zero-order valence-corrected chi connectivity index (χ0v) is 13.1. The molecule has 0 bridgehead atoms. The average Bonchev–Trinajstić information content (AvgIpc) is 2.39. The number of hydrogen-bond donors (Lipinski definition) is 0. The zero-order chi connectivity index (χ0) is 13.8. The van der Waals surface area contributed by atoms with E-state index >= 15 is 0 Å². The molecule has 18 heavy (non-hydrogen) atoms. The second-order valence-electron chi connectivity index (χ2n) is 5.45. The van der Waals surface area contributed by atoms with Gasteiger partial charge in [-0.05, 0) is 30.2 Å². The van der Waals surface area contributed by atoms with Gasteiger partial charge in [0.2, 0.25) is 0 Å². The van der Waals surface area contributed by atoms with Crippen molar-refractivity contribution in [3.8, 4) is 0 Å². The zero-order valence-electron chi connectivity index (χ0n) is 13.1. The molecule has 0 aromatic heterocycles. The average molecular weight is 248 g/mol. The van der Waals surface area contributed by atoms with E-state index in [-0.39, 0.29) is 0 Å². The van der Waals surface area contributed by atoms with Gasteiger partial charge in [0.15, 0.2) is 0 Å². The van der Waals surface area contributed by atoms with Crippen molar-refractivity contribution in [1.29, 1.82) is 0 Å². The summed E-state index contributed by atoms with van der Waals surface area (Å²) in [6, 6.07) is 10.8. The molecule has 0 amide bonds. The highest BCUT2D eigenvalue weighted by molar-refractivity contribution is 5.14. The third-order valence-electron chi connectivity index (χ3n) is 3.25. The highest BCUT2D eigenvalue weighted by Crippen LogP contribution is 2.17. The second kappa shape index (κ2) is 11.3. The number of rotatable bonds is 7. The summed E-state index contributed by atoms with van der Waals surface area (Å²) >= 11 is 0. The Morgan fingerprint density at radius 1 is 0.833 bits per heavy atom. The fourth-order valence-electron chi connectivity index (χ4n) is 2.08. The predicted octanol–water partition coefficient (Wildman–Crippen LogP) is 6.11. The van der Waals surface area contributed by atoms with E-state index in [0.717, 1.165) is 11.8 Å². The molecule has 1 aromatic carbocycles. The standard InChI is InChI=1S/C16H26.C2H6/c1-14(2)8-7-9-15(3)12-13-16-10-5-4-6-11-16;1-2/h4-6,10-11,14-15H,7-9,12-13H2,1-3H3;1-2H3. The van der Waals surface area contributed by atoms with Crippen LogP contribution in [0.2, 0.25) is 0 Å². The van der Waals surface area contributed by atoms with Crippen molar-refractivity contribution < 1.29 is 0 Å². The molecule has 0 aliphatic carbocycles. The summed E-state index contributed by atoms with van der Waals surface area (Å²) in [5.74, 6) is 1.74. The molecule has 1 unspecified atom stereocenters. The largest absolute Gasteiger partial charge is 0.0683 e. The number of benzene rings is 1. The smallest absolute Gasteiger partial charge is 0.0276 e. The quantitative estimate of drug-likeness (QED) is 0.546. The summed E-state index contributed by atoms with van der Waals surface area (Å²) in [7, 11) is 0. The second-order valence-corrected chi connectivity index (χ2v) is 5.45. The summed E-state index contributed by atoms with van der Waals surface area (Å²) < 4.78 is 0. The minimum absolute atomic E-state index is 0.862. The van der Waals surface area contributed by atoms with E-state index in [1.165, 1.54) is 37.7 Å². The van der Waals surface area contributed by atoms with Crippen molar-refractivity contribution in [2.24, 2.45) is 11.8 Å². The van der Waals surface area contributed by atoms with Crippen LogP contribution < -0.4 is 0 Å². The van der Waals surface area contributed by atoms with Gasteiger partial charge in [0.05, 0.1) is 0 Å². The van der Waals surface area contributed by atoms with E-state index < -0.39 is 0 Å². The number of aryl methyl sites for hydroxylation is 1. The van der Waals surface area contributed by atoms with Gasteiger partial charge < -0.3 is 0 Å². The Bertz CT molecular complexity index is 261. The van der Waals surface area contributed by atoms with E-state index in [4.69, 9.17) is 0 Å². The molecule has 0 N–H and O–H groups in total. The molecule has 0 fully saturated rings. The fraction of sp³-hybridized carbons (Fsp3) is 0.667. The minimum Gasteiger partial charge on any atom is -0.0683 e. The van der Waals surface area contributed by atoms with Gasteiger partial charge in [0, 0.05) is 0 Å². The predicted molar refractivity (Wildman–Crippen MR) is 84.0 cm³/mol. The van der Waals surface area contributed by atoms with Crippen molar-refractivity contribution in [3.05, 3.63) is 35.9 Å². The van der Waals surface area contributed by atoms with E-state index in [2.05, 4.69) is 51.1 Å². The summed E-state index contributed by atoms with van der Waals surface area (Å²) in [5, 5.41) is 0. The van der Waals surface area contributed by atoms with Crippen LogP contribution in [0.25, 0.3) is 0 Å². The summed E-state index contributed by atoms with van der Waals surface area (Å²) in [5.41, 5.74) is 1.48. The molecule has 0 aliphatic heterocycles. The Morgan fingerprint density at radius 3 is 2.00 bits per heavy atom. The van der Waals surface area contributed by atoms with E-state index in [0.29, 0.717) is 0 Å². The molecule has 0 spiro atoms. The first-order valence-corrected chi connectivity index (χ1v) is 7.72. The topological polar surface area (TPSA) is 0 Å². The van der Waals surface area contributed by atoms with E-state index in [1.54, 1.807) is 0 Å². The highest BCUT2D eigenvalue weighted by atomic mass is 14.1. The lowest BCUT2D eigenvalue weighted by Crippen LogP contribution is -1.99. The molecule has 0 heterocycles. The first-order chi connectivity index (χ1) is 8.68. The van der Waals surface area contributed by atoms with Crippen LogP contribution in [-0.2, 0) is 6.42 Å². The van der Waals surface area contributed by atoms with Crippen LogP contribution >= 0.6 is 0 Å². The van der Waals surface area contributed by atoms with Crippen molar-refractivity contribution >= 4 is 0 Å². The highest BCUT2D eigenvalue weighted by Gasteiger charge is 2.03. The molecule has 0 aliphatic rings. The maximum Gasteiger partial charge on any atom is -0.0276 e. The lowest BCUT2D eigenvalue weighted by Gasteiger charge is -2.12. The third kappa shape index (κ3) is 9.27. The van der Waals surface area contributed by atoms with Crippen LogP contribution in [0, 0.1) is 11.8 Å². The summed E-state index contributed by atoms with van der Waals surface area (Å²) in [6.07, 6.45) is 6.75. The van der Waals surface area contributed by atoms with Gasteiger partial charge in [-0.1, -0.05) is 84.2 Å². The van der Waals surface area contributed by atoms with Gasteiger partial charge in [0.25, 0.3) is 0 Å². The SMILES string of the molecule is CC.CC(C)CCCC(C)CCc1ccccc1. The van der Waals surface area contributed by atoms with Gasteiger partial charge in [-0.2, -0.15) is 0 Å². The molecule has 104 valence electrons. The molecular weight excluding hydrogens is 216 g/mol. The molecule has 0 saturated heterocycles. The van der Waals surface area contributed by atoms with Crippen molar-refractivity contribution in [2.75, 3.05) is 0 Å². The Labute approximate surface area is 115 Å². The lowest BCUT2D eigenvalue weighted by molar-refractivity contribution is 0.437. The normalized spacial score (nSPS) is 11.9. The Kier molecular flexibility index (Phi) is 10.8. The van der Waals surface area contributed by atoms with Gasteiger partial charge in [0.1, 0.15) is 0 Å². The molecule has 1 aromatic rings. The maximum absolute atomic E-state index is 2.39.